The molecule has 0 bridgehead atoms. The largest absolute Gasteiger partial charge is 0.494 e. The zero-order chi connectivity index (χ0) is 24.2. The molecule has 0 saturated carbocycles. The third-order valence-corrected chi connectivity index (χ3v) is 7.90. The number of amides is 3. The summed E-state index contributed by atoms with van der Waals surface area (Å²) < 4.78 is 5.78. The van der Waals surface area contributed by atoms with Crippen LogP contribution in [0.3, 0.4) is 0 Å². The molecule has 7 nitrogen and oxygen atoms in total. The number of rotatable bonds is 6. The van der Waals surface area contributed by atoms with E-state index >= 15 is 0 Å². The number of aromatic amines is 1. The van der Waals surface area contributed by atoms with Crippen molar-refractivity contribution in [2.45, 2.75) is 44.7 Å². The average molecular weight is 473 g/mol. The van der Waals surface area contributed by atoms with Crippen LogP contribution in [-0.2, 0) is 11.2 Å². The van der Waals surface area contributed by atoms with E-state index < -0.39 is 5.54 Å². The van der Waals surface area contributed by atoms with E-state index in [0.29, 0.717) is 19.6 Å². The van der Waals surface area contributed by atoms with Gasteiger partial charge in [0, 0.05) is 36.1 Å². The lowest BCUT2D eigenvalue weighted by Gasteiger charge is -2.42. The fraction of sp³-hybridized carbons (Fsp3) is 0.429. The lowest BCUT2D eigenvalue weighted by molar-refractivity contribution is -0.133. The Hall–Kier alpha value is -3.32. The van der Waals surface area contributed by atoms with E-state index in [4.69, 9.17) is 4.74 Å². The Morgan fingerprint density at radius 3 is 2.57 bits per heavy atom. The zero-order valence-electron chi connectivity index (χ0n) is 20.4. The smallest absolute Gasteiger partial charge is 0.328 e. The van der Waals surface area contributed by atoms with E-state index in [1.54, 1.807) is 0 Å². The standard InChI is InChI=1S/C28H32N4O3/c1-3-35-20-11-12-23-21(17-20)22-18-28(2)26(33)31(16-15-30-13-7-8-14-30)27(34)32(28)25(24(22)29-23)19-9-5-4-6-10-19/h4-6,9-12,17,25,29H,3,7-8,13-16,18H2,1-2H3. The first kappa shape index (κ1) is 22.2. The van der Waals surface area contributed by atoms with Crippen molar-refractivity contribution < 1.29 is 14.3 Å². The van der Waals surface area contributed by atoms with Gasteiger partial charge in [-0.3, -0.25) is 14.6 Å². The molecule has 1 aromatic heterocycles. The fourth-order valence-electron chi connectivity index (χ4n) is 6.18. The number of fused-ring (bicyclic) bond motifs is 4. The summed E-state index contributed by atoms with van der Waals surface area (Å²) in [5, 5.41) is 1.06. The summed E-state index contributed by atoms with van der Waals surface area (Å²) in [5.41, 5.74) is 3.14. The van der Waals surface area contributed by atoms with Crippen molar-refractivity contribution in [3.05, 3.63) is 65.4 Å². The number of ether oxygens (including phenoxy) is 1. The van der Waals surface area contributed by atoms with E-state index in [0.717, 1.165) is 53.1 Å². The van der Waals surface area contributed by atoms with Gasteiger partial charge in [-0.25, -0.2) is 4.79 Å². The molecule has 6 rings (SSSR count). The molecule has 7 heteroatoms. The SMILES string of the molecule is CCOc1ccc2[nH]c3c(c2c1)CC1(C)C(=O)N(CCN2CCCC2)C(=O)N1C3c1ccccc1. The van der Waals surface area contributed by atoms with Gasteiger partial charge in [0.05, 0.1) is 6.61 Å². The summed E-state index contributed by atoms with van der Waals surface area (Å²) in [6, 6.07) is 15.5. The Balaban J connectivity index is 1.45. The molecule has 3 amide bonds. The molecule has 2 saturated heterocycles. The normalized spacial score (nSPS) is 24.3. The van der Waals surface area contributed by atoms with Gasteiger partial charge in [0.15, 0.2) is 0 Å². The summed E-state index contributed by atoms with van der Waals surface area (Å²) in [7, 11) is 0. The highest BCUT2D eigenvalue weighted by Crippen LogP contribution is 2.48. The number of urea groups is 1. The number of H-pyrrole nitrogens is 1. The fourth-order valence-corrected chi connectivity index (χ4v) is 6.18. The number of carbonyl (C=O) groups excluding carboxylic acids is 2. The molecule has 0 radical (unpaired) electrons. The number of benzene rings is 2. The second-order valence-electron chi connectivity index (χ2n) is 10.1. The highest BCUT2D eigenvalue weighted by Gasteiger charge is 2.60. The van der Waals surface area contributed by atoms with Gasteiger partial charge in [0.25, 0.3) is 5.91 Å². The number of hydrogen-bond acceptors (Lipinski definition) is 4. The molecule has 2 atom stereocenters. The van der Waals surface area contributed by atoms with Crippen LogP contribution in [0, 0.1) is 0 Å². The van der Waals surface area contributed by atoms with Crippen molar-refractivity contribution >= 4 is 22.8 Å². The molecular weight excluding hydrogens is 440 g/mol. The van der Waals surface area contributed by atoms with E-state index in [9.17, 15) is 9.59 Å². The predicted molar refractivity (Wildman–Crippen MR) is 134 cm³/mol. The molecule has 1 N–H and O–H groups in total. The summed E-state index contributed by atoms with van der Waals surface area (Å²) in [4.78, 5) is 37.1. The van der Waals surface area contributed by atoms with Crippen molar-refractivity contribution in [3.63, 3.8) is 0 Å². The maximum absolute atomic E-state index is 13.9. The van der Waals surface area contributed by atoms with Crippen LogP contribution in [0.2, 0.25) is 0 Å². The second kappa shape index (κ2) is 8.41. The van der Waals surface area contributed by atoms with E-state index in [1.807, 2.05) is 61.2 Å². The molecule has 0 aliphatic carbocycles. The minimum absolute atomic E-state index is 0.0939. The minimum atomic E-state index is -0.938. The first-order valence-corrected chi connectivity index (χ1v) is 12.7. The molecular formula is C28H32N4O3. The number of likely N-dealkylation sites (tertiary alicyclic amines) is 1. The van der Waals surface area contributed by atoms with Gasteiger partial charge in [-0.2, -0.15) is 0 Å². The van der Waals surface area contributed by atoms with Gasteiger partial charge in [-0.05, 0) is 69.1 Å². The van der Waals surface area contributed by atoms with Crippen molar-refractivity contribution in [2.24, 2.45) is 0 Å². The highest BCUT2D eigenvalue weighted by molar-refractivity contribution is 6.08. The van der Waals surface area contributed by atoms with Gasteiger partial charge in [-0.1, -0.05) is 30.3 Å². The molecule has 2 aromatic carbocycles. The molecule has 3 aliphatic rings. The van der Waals surface area contributed by atoms with Crippen LogP contribution in [-0.4, -0.2) is 69.9 Å². The first-order chi connectivity index (χ1) is 17.0. The highest BCUT2D eigenvalue weighted by atomic mass is 16.5. The Bertz CT molecular complexity index is 1280. The average Bonchev–Trinajstić information content (AvgIpc) is 3.55. The quantitative estimate of drug-likeness (QED) is 0.542. The molecule has 0 spiro atoms. The van der Waals surface area contributed by atoms with Crippen LogP contribution in [0.25, 0.3) is 10.9 Å². The summed E-state index contributed by atoms with van der Waals surface area (Å²) in [6.07, 6.45) is 2.85. The first-order valence-electron chi connectivity index (χ1n) is 12.7. The molecule has 3 aliphatic heterocycles. The molecule has 2 unspecified atom stereocenters. The van der Waals surface area contributed by atoms with Crippen molar-refractivity contribution in [3.8, 4) is 5.75 Å². The van der Waals surface area contributed by atoms with Crippen LogP contribution in [0.4, 0.5) is 4.79 Å². The number of carbonyl (C=O) groups is 2. The number of nitrogens with zero attached hydrogens (tertiary/aromatic N) is 3. The summed E-state index contributed by atoms with van der Waals surface area (Å²) in [5.74, 6) is 0.718. The maximum Gasteiger partial charge on any atom is 0.328 e. The number of aromatic nitrogens is 1. The summed E-state index contributed by atoms with van der Waals surface area (Å²) in [6.45, 7) is 7.77. The van der Waals surface area contributed by atoms with Crippen molar-refractivity contribution in [2.75, 3.05) is 32.8 Å². The molecule has 182 valence electrons. The lowest BCUT2D eigenvalue weighted by atomic mass is 9.81. The van der Waals surface area contributed by atoms with E-state index in [-0.39, 0.29) is 18.0 Å². The summed E-state index contributed by atoms with van der Waals surface area (Å²) >= 11 is 0. The van der Waals surface area contributed by atoms with Crippen LogP contribution >= 0.6 is 0 Å². The maximum atomic E-state index is 13.9. The van der Waals surface area contributed by atoms with Gasteiger partial charge in [0.1, 0.15) is 17.3 Å². The molecule has 4 heterocycles. The predicted octanol–water partition coefficient (Wildman–Crippen LogP) is 4.33. The van der Waals surface area contributed by atoms with Gasteiger partial charge in [0.2, 0.25) is 0 Å². The van der Waals surface area contributed by atoms with Crippen LogP contribution in [0.1, 0.15) is 49.6 Å². The molecule has 35 heavy (non-hydrogen) atoms. The Labute approximate surface area is 205 Å². The van der Waals surface area contributed by atoms with Gasteiger partial charge >= 0.3 is 6.03 Å². The van der Waals surface area contributed by atoms with Crippen LogP contribution in [0.5, 0.6) is 5.75 Å². The third kappa shape index (κ3) is 3.44. The Morgan fingerprint density at radius 1 is 1.06 bits per heavy atom. The van der Waals surface area contributed by atoms with Crippen molar-refractivity contribution in [1.82, 2.24) is 19.7 Å². The number of hydrogen-bond donors (Lipinski definition) is 1. The second-order valence-corrected chi connectivity index (χ2v) is 10.1. The molecule has 3 aromatic rings. The van der Waals surface area contributed by atoms with Gasteiger partial charge in [-0.15, -0.1) is 0 Å². The van der Waals surface area contributed by atoms with Gasteiger partial charge < -0.3 is 14.6 Å². The topological polar surface area (TPSA) is 68.9 Å². The van der Waals surface area contributed by atoms with Crippen molar-refractivity contribution in [1.29, 1.82) is 0 Å². The monoisotopic (exact) mass is 472 g/mol. The van der Waals surface area contributed by atoms with Crippen LogP contribution < -0.4 is 4.74 Å². The zero-order valence-corrected chi connectivity index (χ0v) is 20.4. The third-order valence-electron chi connectivity index (χ3n) is 7.90. The van der Waals surface area contributed by atoms with E-state index in [2.05, 4.69) is 16.0 Å². The number of nitrogens with one attached hydrogen (secondary N) is 1. The lowest BCUT2D eigenvalue weighted by Crippen LogP contribution is -2.53. The van der Waals surface area contributed by atoms with E-state index in [1.165, 1.54) is 17.7 Å². The van der Waals surface area contributed by atoms with Crippen LogP contribution in [0.15, 0.2) is 48.5 Å². The number of imide groups is 1. The Kier molecular flexibility index (Phi) is 5.33. The minimum Gasteiger partial charge on any atom is -0.494 e. The Morgan fingerprint density at radius 2 is 1.83 bits per heavy atom. The molecule has 2 fully saturated rings.